The molecule has 0 aliphatic heterocycles. The molecule has 20 heavy (non-hydrogen) atoms. The van der Waals surface area contributed by atoms with E-state index < -0.39 is 14.4 Å². The molecule has 114 valence electrons. The molecule has 0 bridgehead atoms. The molecular formula is C14H26N2O3Si. The lowest BCUT2D eigenvalue weighted by atomic mass is 10.3. The smallest absolute Gasteiger partial charge is 0.186 e. The summed E-state index contributed by atoms with van der Waals surface area (Å²) in [6.07, 6.45) is 2.17. The standard InChI is InChI=1S/C14H26N2O3Si/c1-18-20(2,3)10-6-9-19-12-13(17)11-16-14-7-4-5-8-15-14/h4-5,7-8,13,17H,6,9-12H2,1-3H3,(H,15,16). The SMILES string of the molecule is CO[Si](C)(C)CCCOCC(O)CNc1ccccn1. The summed E-state index contributed by atoms with van der Waals surface area (Å²) < 4.78 is 10.9. The van der Waals surface area contributed by atoms with Gasteiger partial charge in [-0.2, -0.15) is 0 Å². The summed E-state index contributed by atoms with van der Waals surface area (Å²) in [4.78, 5) is 4.12. The van der Waals surface area contributed by atoms with E-state index in [1.807, 2.05) is 18.2 Å². The minimum atomic E-state index is -1.48. The van der Waals surface area contributed by atoms with E-state index in [0.29, 0.717) is 19.8 Å². The highest BCUT2D eigenvalue weighted by Gasteiger charge is 2.19. The van der Waals surface area contributed by atoms with Crippen LogP contribution in [0.15, 0.2) is 24.4 Å². The number of aliphatic hydroxyl groups is 1. The van der Waals surface area contributed by atoms with Crippen molar-refractivity contribution in [3.63, 3.8) is 0 Å². The average molecular weight is 298 g/mol. The molecule has 6 heteroatoms. The zero-order chi connectivity index (χ0) is 14.8. The van der Waals surface area contributed by atoms with Gasteiger partial charge in [0.1, 0.15) is 5.82 Å². The van der Waals surface area contributed by atoms with E-state index in [-0.39, 0.29) is 0 Å². The molecule has 1 rings (SSSR count). The number of nitrogens with one attached hydrogen (secondary N) is 1. The van der Waals surface area contributed by atoms with Gasteiger partial charge in [-0.15, -0.1) is 0 Å². The van der Waals surface area contributed by atoms with Gasteiger partial charge in [0.15, 0.2) is 8.32 Å². The third-order valence-electron chi connectivity index (χ3n) is 3.11. The molecule has 1 aromatic heterocycles. The second-order valence-electron chi connectivity index (χ2n) is 5.39. The van der Waals surface area contributed by atoms with Gasteiger partial charge in [0.2, 0.25) is 0 Å². The van der Waals surface area contributed by atoms with Crippen LogP contribution in [0.1, 0.15) is 6.42 Å². The van der Waals surface area contributed by atoms with Crippen LogP contribution < -0.4 is 5.32 Å². The van der Waals surface area contributed by atoms with Gasteiger partial charge >= 0.3 is 0 Å². The molecule has 0 amide bonds. The summed E-state index contributed by atoms with van der Waals surface area (Å²) in [5.41, 5.74) is 0. The Bertz CT molecular complexity index is 363. The van der Waals surface area contributed by atoms with Gasteiger partial charge in [-0.1, -0.05) is 6.07 Å². The summed E-state index contributed by atoms with van der Waals surface area (Å²) in [6, 6.07) is 6.70. The van der Waals surface area contributed by atoms with E-state index in [2.05, 4.69) is 23.4 Å². The second kappa shape index (κ2) is 9.07. The van der Waals surface area contributed by atoms with E-state index in [9.17, 15) is 5.11 Å². The van der Waals surface area contributed by atoms with Crippen LogP contribution in [0.4, 0.5) is 5.82 Å². The molecule has 5 nitrogen and oxygen atoms in total. The molecule has 0 aliphatic carbocycles. The van der Waals surface area contributed by atoms with E-state index in [4.69, 9.17) is 9.16 Å². The summed E-state index contributed by atoms with van der Waals surface area (Å²) >= 11 is 0. The Morgan fingerprint density at radius 2 is 2.20 bits per heavy atom. The maximum Gasteiger partial charge on any atom is 0.186 e. The largest absolute Gasteiger partial charge is 0.420 e. The molecule has 0 radical (unpaired) electrons. The first-order valence-corrected chi connectivity index (χ1v) is 10.1. The summed E-state index contributed by atoms with van der Waals surface area (Å²) in [7, 11) is 0.301. The van der Waals surface area contributed by atoms with Crippen LogP contribution in [0, 0.1) is 0 Å². The van der Waals surface area contributed by atoms with E-state index in [1.165, 1.54) is 0 Å². The predicted molar refractivity (Wildman–Crippen MR) is 83.5 cm³/mol. The maximum atomic E-state index is 9.78. The molecule has 0 fully saturated rings. The quantitative estimate of drug-likeness (QED) is 0.512. The van der Waals surface area contributed by atoms with Crippen LogP contribution in [0.3, 0.4) is 0 Å². The number of pyridine rings is 1. The topological polar surface area (TPSA) is 63.6 Å². The van der Waals surface area contributed by atoms with E-state index >= 15 is 0 Å². The number of aromatic nitrogens is 1. The Balaban J connectivity index is 2.04. The first-order valence-electron chi connectivity index (χ1n) is 6.99. The molecule has 1 unspecified atom stereocenters. The van der Waals surface area contributed by atoms with Crippen LogP contribution in [0.2, 0.25) is 19.1 Å². The van der Waals surface area contributed by atoms with Crippen LogP contribution in [-0.2, 0) is 9.16 Å². The Morgan fingerprint density at radius 1 is 1.40 bits per heavy atom. The molecule has 0 aromatic carbocycles. The van der Waals surface area contributed by atoms with Crippen molar-refractivity contribution >= 4 is 14.1 Å². The Morgan fingerprint density at radius 3 is 2.85 bits per heavy atom. The highest BCUT2D eigenvalue weighted by atomic mass is 28.4. The Kier molecular flexibility index (Phi) is 7.75. The first kappa shape index (κ1) is 17.1. The average Bonchev–Trinajstić information content (AvgIpc) is 2.46. The molecule has 1 atom stereocenters. The van der Waals surface area contributed by atoms with Gasteiger partial charge in [0.25, 0.3) is 0 Å². The normalized spacial score (nSPS) is 13.2. The molecule has 0 spiro atoms. The number of nitrogens with zero attached hydrogens (tertiary/aromatic N) is 1. The third kappa shape index (κ3) is 7.59. The van der Waals surface area contributed by atoms with Crippen LogP contribution in [-0.4, -0.2) is 51.4 Å². The van der Waals surface area contributed by atoms with E-state index in [0.717, 1.165) is 18.3 Å². The van der Waals surface area contributed by atoms with Crippen molar-refractivity contribution in [1.29, 1.82) is 0 Å². The van der Waals surface area contributed by atoms with Crippen molar-refractivity contribution in [1.82, 2.24) is 4.98 Å². The summed E-state index contributed by atoms with van der Waals surface area (Å²) in [6.45, 7) is 5.84. The molecule has 2 N–H and O–H groups in total. The Labute approximate surface area is 122 Å². The van der Waals surface area contributed by atoms with Crippen molar-refractivity contribution < 1.29 is 14.3 Å². The van der Waals surface area contributed by atoms with Gasteiger partial charge in [-0.3, -0.25) is 0 Å². The minimum Gasteiger partial charge on any atom is -0.420 e. The second-order valence-corrected chi connectivity index (χ2v) is 9.82. The van der Waals surface area contributed by atoms with Crippen LogP contribution >= 0.6 is 0 Å². The van der Waals surface area contributed by atoms with Gasteiger partial charge in [-0.05, 0) is 37.7 Å². The minimum absolute atomic E-state index is 0.342. The maximum absolute atomic E-state index is 9.78. The monoisotopic (exact) mass is 298 g/mol. The molecular weight excluding hydrogens is 272 g/mol. The molecule has 1 aromatic rings. The zero-order valence-corrected chi connectivity index (χ0v) is 13.6. The highest BCUT2D eigenvalue weighted by molar-refractivity contribution is 6.71. The van der Waals surface area contributed by atoms with Crippen molar-refractivity contribution in [2.75, 3.05) is 32.2 Å². The molecule has 0 aliphatic rings. The van der Waals surface area contributed by atoms with E-state index in [1.54, 1.807) is 13.3 Å². The lowest BCUT2D eigenvalue weighted by Crippen LogP contribution is -2.29. The number of rotatable bonds is 10. The van der Waals surface area contributed by atoms with Crippen LogP contribution in [0.5, 0.6) is 0 Å². The fraction of sp³-hybridized carbons (Fsp3) is 0.643. The number of hydrogen-bond acceptors (Lipinski definition) is 5. The molecule has 0 saturated carbocycles. The highest BCUT2D eigenvalue weighted by Crippen LogP contribution is 2.12. The van der Waals surface area contributed by atoms with Gasteiger partial charge in [-0.25, -0.2) is 4.98 Å². The Hall–Kier alpha value is -0.953. The summed E-state index contributed by atoms with van der Waals surface area (Å²) in [5.74, 6) is 0.763. The fourth-order valence-electron chi connectivity index (χ4n) is 1.67. The summed E-state index contributed by atoms with van der Waals surface area (Å²) in [5, 5.41) is 12.8. The zero-order valence-electron chi connectivity index (χ0n) is 12.6. The van der Waals surface area contributed by atoms with Crippen molar-refractivity contribution in [3.05, 3.63) is 24.4 Å². The number of anilines is 1. The first-order chi connectivity index (χ1) is 9.53. The van der Waals surface area contributed by atoms with Crippen molar-refractivity contribution in [3.8, 4) is 0 Å². The third-order valence-corrected chi connectivity index (χ3v) is 5.78. The van der Waals surface area contributed by atoms with Gasteiger partial charge < -0.3 is 19.6 Å². The van der Waals surface area contributed by atoms with Crippen LogP contribution in [0.25, 0.3) is 0 Å². The lowest BCUT2D eigenvalue weighted by molar-refractivity contribution is 0.0433. The lowest BCUT2D eigenvalue weighted by Gasteiger charge is -2.19. The fourth-order valence-corrected chi connectivity index (χ4v) is 2.87. The van der Waals surface area contributed by atoms with Crippen molar-refractivity contribution in [2.24, 2.45) is 0 Å². The molecule has 1 heterocycles. The predicted octanol–water partition coefficient (Wildman–Crippen LogP) is 2.11. The number of aliphatic hydroxyl groups excluding tert-OH is 1. The number of hydrogen-bond donors (Lipinski definition) is 2. The van der Waals surface area contributed by atoms with Crippen molar-refractivity contribution in [2.45, 2.75) is 31.7 Å². The van der Waals surface area contributed by atoms with Gasteiger partial charge in [0, 0.05) is 26.5 Å². The molecule has 0 saturated heterocycles. The number of ether oxygens (including phenoxy) is 1. The van der Waals surface area contributed by atoms with Gasteiger partial charge in [0.05, 0.1) is 12.7 Å².